The Kier molecular flexibility index (Phi) is 44.9. The zero-order chi connectivity index (χ0) is 14.3. The summed E-state index contributed by atoms with van der Waals surface area (Å²) in [6.45, 7) is 0. The van der Waals surface area contributed by atoms with E-state index in [4.69, 9.17) is 39.6 Å². The van der Waals surface area contributed by atoms with Crippen LogP contribution in [0.5, 0.6) is 0 Å². The minimum atomic E-state index is -1.39. The molecule has 0 spiro atoms. The summed E-state index contributed by atoms with van der Waals surface area (Å²) in [4.78, 5) is 35.0. The SMILES string of the molecule is O=C([O-])S.O=C([O-])S.O=C([O-])S.O=C([O-])S.[Pb+4]. The first-order valence-corrected chi connectivity index (χ1v) is 4.32. The van der Waals surface area contributed by atoms with Crippen LogP contribution in [0.25, 0.3) is 0 Å². The maximum atomic E-state index is 8.75. The van der Waals surface area contributed by atoms with Gasteiger partial charge < -0.3 is 39.6 Å². The molecule has 0 aliphatic carbocycles. The van der Waals surface area contributed by atoms with Crippen molar-refractivity contribution in [3.63, 3.8) is 0 Å². The molecule has 0 fully saturated rings. The second-order valence-corrected chi connectivity index (χ2v) is 2.52. The molecule has 0 bridgehead atoms. The van der Waals surface area contributed by atoms with E-state index in [0.717, 1.165) is 0 Å². The molecule has 0 aliphatic rings. The second-order valence-electron chi connectivity index (χ2n) is 1.06. The van der Waals surface area contributed by atoms with Crippen LogP contribution < -0.4 is 20.4 Å². The molecule has 0 aromatic carbocycles. The molecule has 0 radical (unpaired) electrons. The molecule has 0 N–H and O–H groups in total. The van der Waals surface area contributed by atoms with Crippen molar-refractivity contribution in [1.29, 1.82) is 0 Å². The molecule has 0 saturated heterocycles. The number of carbonyl (C=O) groups excluding carboxylic acids is 4. The third kappa shape index (κ3) is 80000. The predicted octanol–water partition coefficient (Wildman–Crippen LogP) is -3.34. The van der Waals surface area contributed by atoms with Crippen LogP contribution in [-0.2, 0) is 0 Å². The van der Waals surface area contributed by atoms with E-state index in [-0.39, 0.29) is 27.3 Å². The fourth-order valence-corrected chi connectivity index (χ4v) is 0. The van der Waals surface area contributed by atoms with Crippen LogP contribution in [-0.4, -0.2) is 48.5 Å². The Hall–Kier alpha value is 0.202. The molecule has 8 nitrogen and oxygen atoms in total. The van der Waals surface area contributed by atoms with Crippen molar-refractivity contribution in [1.82, 2.24) is 0 Å². The summed E-state index contributed by atoms with van der Waals surface area (Å²) in [5.74, 6) is 0. The number of rotatable bonds is 0. The average Bonchev–Trinajstić information content (AvgIpc) is 1.76. The van der Waals surface area contributed by atoms with Crippen molar-refractivity contribution in [2.75, 3.05) is 0 Å². The van der Waals surface area contributed by atoms with Crippen molar-refractivity contribution >= 4 is 99.0 Å². The van der Waals surface area contributed by atoms with Gasteiger partial charge in [-0.25, -0.2) is 0 Å². The van der Waals surface area contributed by atoms with E-state index in [0.29, 0.717) is 0 Å². The largest absolute Gasteiger partial charge is 4.00 e. The van der Waals surface area contributed by atoms with E-state index in [9.17, 15) is 0 Å². The third-order valence-corrected chi connectivity index (χ3v) is 0. The number of thiol groups is 4. The first kappa shape index (κ1) is 30.3. The van der Waals surface area contributed by atoms with Gasteiger partial charge in [0.25, 0.3) is 0 Å². The predicted molar refractivity (Wildman–Crippen MR) is 63.3 cm³/mol. The summed E-state index contributed by atoms with van der Waals surface area (Å²) in [6.07, 6.45) is 0. The fourth-order valence-electron chi connectivity index (χ4n) is 0. The van der Waals surface area contributed by atoms with Crippen LogP contribution in [0.3, 0.4) is 0 Å². The Bertz CT molecular complexity index is 170. The van der Waals surface area contributed by atoms with Gasteiger partial charge in [0.15, 0.2) is 0 Å². The Morgan fingerprint density at radius 1 is 0.529 bits per heavy atom. The topological polar surface area (TPSA) is 161 Å². The van der Waals surface area contributed by atoms with Gasteiger partial charge >= 0.3 is 27.3 Å². The molecule has 0 aromatic rings. The molecule has 0 atom stereocenters. The third-order valence-electron chi connectivity index (χ3n) is 0. The summed E-state index contributed by atoms with van der Waals surface area (Å²) < 4.78 is 0. The van der Waals surface area contributed by atoms with Gasteiger partial charge in [0, 0.05) is 0 Å². The van der Waals surface area contributed by atoms with Gasteiger partial charge in [0.2, 0.25) is 0 Å². The van der Waals surface area contributed by atoms with Crippen LogP contribution in [0.15, 0.2) is 0 Å². The molecule has 0 aliphatic heterocycles. The maximum Gasteiger partial charge on any atom is 4.00 e. The molecular weight excluding hydrogens is 512 g/mol. The Morgan fingerprint density at radius 3 is 0.529 bits per heavy atom. The van der Waals surface area contributed by atoms with Crippen molar-refractivity contribution in [2.45, 2.75) is 0 Å². The number of hydrogen-bond acceptors (Lipinski definition) is 8. The summed E-state index contributed by atoms with van der Waals surface area (Å²) in [5, 5.41) is 29.5. The van der Waals surface area contributed by atoms with Gasteiger partial charge in [-0.1, -0.05) is 0 Å². The van der Waals surface area contributed by atoms with E-state index in [2.05, 4.69) is 50.5 Å². The summed E-state index contributed by atoms with van der Waals surface area (Å²) >= 11 is 11.1. The van der Waals surface area contributed by atoms with Gasteiger partial charge in [-0.05, 0) is 0 Å². The zero-order valence-corrected chi connectivity index (χ0v) is 15.0. The molecule has 0 saturated carbocycles. The van der Waals surface area contributed by atoms with Gasteiger partial charge in [0.05, 0.1) is 21.2 Å². The maximum absolute atomic E-state index is 8.75. The minimum absolute atomic E-state index is 0. The van der Waals surface area contributed by atoms with E-state index in [1.165, 1.54) is 0 Å². The Balaban J connectivity index is -0.0000000369. The molecular formula is C4H4O8PbS4. The molecule has 0 aromatic heterocycles. The summed E-state index contributed by atoms with van der Waals surface area (Å²) in [5.41, 5.74) is 0. The van der Waals surface area contributed by atoms with Crippen molar-refractivity contribution in [3.05, 3.63) is 0 Å². The first-order valence-electron chi connectivity index (χ1n) is 2.53. The number of carboxylic acid groups (broad SMARTS) is 4. The Labute approximate surface area is 138 Å². The van der Waals surface area contributed by atoms with Crippen LogP contribution in [0.4, 0.5) is 19.2 Å². The van der Waals surface area contributed by atoms with Gasteiger partial charge in [-0.15, -0.1) is 50.5 Å². The van der Waals surface area contributed by atoms with Crippen molar-refractivity contribution < 1.29 is 39.6 Å². The molecule has 17 heavy (non-hydrogen) atoms. The second kappa shape index (κ2) is 25.1. The number of hydrogen-bond donors (Lipinski definition) is 4. The van der Waals surface area contributed by atoms with Gasteiger partial charge in [-0.2, -0.15) is 0 Å². The average molecular weight is 516 g/mol. The van der Waals surface area contributed by atoms with Crippen LogP contribution in [0.2, 0.25) is 0 Å². The fraction of sp³-hybridized carbons (Fsp3) is 0. The van der Waals surface area contributed by atoms with Gasteiger partial charge in [0.1, 0.15) is 0 Å². The quantitative estimate of drug-likeness (QED) is 0.192. The van der Waals surface area contributed by atoms with Crippen LogP contribution in [0, 0.1) is 0 Å². The monoisotopic (exact) mass is 516 g/mol. The van der Waals surface area contributed by atoms with Crippen LogP contribution in [0.1, 0.15) is 0 Å². The van der Waals surface area contributed by atoms with Gasteiger partial charge in [-0.3, -0.25) is 0 Å². The van der Waals surface area contributed by atoms with Crippen molar-refractivity contribution in [2.24, 2.45) is 0 Å². The molecule has 0 amide bonds. The van der Waals surface area contributed by atoms with Crippen LogP contribution >= 0.6 is 50.5 Å². The Morgan fingerprint density at radius 2 is 0.529 bits per heavy atom. The summed E-state index contributed by atoms with van der Waals surface area (Å²) in [7, 11) is 0. The molecule has 96 valence electrons. The first-order chi connectivity index (χ1) is 6.93. The normalized spacial score (nSPS) is 5.88. The minimum Gasteiger partial charge on any atom is -0.539 e. The smallest absolute Gasteiger partial charge is 0.539 e. The van der Waals surface area contributed by atoms with E-state index >= 15 is 0 Å². The van der Waals surface area contributed by atoms with Crippen molar-refractivity contribution in [3.8, 4) is 0 Å². The molecule has 0 unspecified atom stereocenters. The van der Waals surface area contributed by atoms with E-state index in [1.54, 1.807) is 0 Å². The van der Waals surface area contributed by atoms with E-state index in [1.807, 2.05) is 0 Å². The van der Waals surface area contributed by atoms with E-state index < -0.39 is 21.2 Å². The standard InChI is InChI=1S/4CH2O2S.Pb/c4*2-1(3)4;/h4*4H,(H,2,3);/q;;;;+4/p-4. The molecule has 0 rings (SSSR count). The molecule has 0 heterocycles. The zero-order valence-electron chi connectivity index (χ0n) is 7.55. The number of carbonyl (C=O) groups is 4. The summed E-state index contributed by atoms with van der Waals surface area (Å²) in [6, 6.07) is 0. The molecule has 13 heteroatoms.